The Kier molecular flexibility index (Phi) is 12.6. The zero-order valence-corrected chi connectivity index (χ0v) is 20.4. The van der Waals surface area contributed by atoms with Crippen molar-refractivity contribution in [2.45, 2.75) is 116 Å². The summed E-state index contributed by atoms with van der Waals surface area (Å²) in [6, 6.07) is 0.570. The van der Waals surface area contributed by atoms with Crippen LogP contribution < -0.4 is 43.7 Å². The number of likely N-dealkylation sites (tertiary alicyclic amines) is 1. The van der Waals surface area contributed by atoms with Crippen LogP contribution in [0.1, 0.15) is 87.5 Å². The maximum atomic E-state index is 5.19. The van der Waals surface area contributed by atoms with Crippen LogP contribution >= 0.6 is 0 Å². The zero-order valence-electron chi connectivity index (χ0n) is 17.5. The summed E-state index contributed by atoms with van der Waals surface area (Å²) >= 11 is 0. The first-order chi connectivity index (χ1) is 8.88. The largest absolute Gasteiger partial charge is 2.00 e. The van der Waals surface area contributed by atoms with E-state index in [2.05, 4.69) is 60.3 Å². The van der Waals surface area contributed by atoms with Crippen LogP contribution in [0, 0.1) is 0 Å². The fourth-order valence-corrected chi connectivity index (χ4v) is 5.06. The van der Waals surface area contributed by atoms with Crippen LogP contribution in [0.2, 0.25) is 0 Å². The summed E-state index contributed by atoms with van der Waals surface area (Å²) < 4.78 is 0. The molecule has 1 unspecified atom stereocenters. The van der Waals surface area contributed by atoms with E-state index in [1.54, 1.807) is 0 Å². The van der Waals surface area contributed by atoms with Gasteiger partial charge in [-0.15, -0.1) is 11.1 Å². The predicted molar refractivity (Wildman–Crippen MR) is 94.1 cm³/mol. The summed E-state index contributed by atoms with van der Waals surface area (Å²) in [6.45, 7) is 19.0. The third-order valence-corrected chi connectivity index (χ3v) is 5.63. The van der Waals surface area contributed by atoms with Crippen molar-refractivity contribution < 1.29 is 43.7 Å². The van der Waals surface area contributed by atoms with Crippen LogP contribution in [0.25, 0.3) is 5.32 Å². The average molecular weight is 382 g/mol. The molecule has 2 heterocycles. The number of hydrogen-bond donors (Lipinski definition) is 0. The zero-order chi connectivity index (χ0) is 15.4. The smallest absolute Gasteiger partial charge is 1.00 e. The molecule has 0 spiro atoms. The fraction of sp³-hybridized carbons (Fsp3) is 1.00. The molecule has 0 aromatic heterocycles. The van der Waals surface area contributed by atoms with E-state index >= 15 is 0 Å². The van der Waals surface area contributed by atoms with Crippen molar-refractivity contribution in [3.05, 3.63) is 5.32 Å². The minimum Gasteiger partial charge on any atom is -1.00 e. The van der Waals surface area contributed by atoms with E-state index in [0.717, 1.165) is 0 Å². The molecular weight excluding hydrogens is 346 g/mol. The van der Waals surface area contributed by atoms with Gasteiger partial charge in [0.25, 0.3) is 0 Å². The summed E-state index contributed by atoms with van der Waals surface area (Å²) in [6.07, 6.45) is 6.46. The van der Waals surface area contributed by atoms with Crippen molar-refractivity contribution in [3.63, 3.8) is 0 Å². The van der Waals surface area contributed by atoms with Gasteiger partial charge in [-0.25, -0.2) is 0 Å². The topological polar surface area (TPSA) is 17.3 Å². The fourth-order valence-electron chi connectivity index (χ4n) is 5.06. The van der Waals surface area contributed by atoms with Crippen molar-refractivity contribution >= 4 is 23.1 Å². The van der Waals surface area contributed by atoms with E-state index in [0.29, 0.717) is 17.1 Å². The van der Waals surface area contributed by atoms with Crippen LogP contribution in [0.3, 0.4) is 0 Å². The average Bonchev–Trinajstić information content (AvgIpc) is 2.17. The molecular formula is C18H35Cl2LiMgN2. The molecule has 0 aromatic rings. The van der Waals surface area contributed by atoms with Gasteiger partial charge in [-0.1, -0.05) is 34.1 Å². The number of halogens is 2. The minimum atomic E-state index is 0. The molecule has 0 aromatic carbocycles. The van der Waals surface area contributed by atoms with Gasteiger partial charge in [0.15, 0.2) is 0 Å². The van der Waals surface area contributed by atoms with E-state index < -0.39 is 0 Å². The minimum absolute atomic E-state index is 0. The summed E-state index contributed by atoms with van der Waals surface area (Å²) in [4.78, 5) is 2.82. The Morgan fingerprint density at radius 1 is 0.792 bits per heavy atom. The predicted octanol–water partition coefficient (Wildman–Crippen LogP) is -4.25. The Morgan fingerprint density at radius 3 is 1.58 bits per heavy atom. The first kappa shape index (κ1) is 30.6. The molecule has 2 saturated heterocycles. The molecule has 2 aliphatic heterocycles. The summed E-state index contributed by atoms with van der Waals surface area (Å²) in [7, 11) is 0. The Morgan fingerprint density at radius 2 is 1.21 bits per heavy atom. The standard InChI is InChI=1S/C18H35N2.2ClH.Li.Mg/c1-15(2)13-10-14(18(7,8)19-15)20-16(3,4)11-9-12-17(20,5)6;;;;/h14H,9-13H2,1-8H3;2*1H;;/q-1;;;+1;+2/p-2. The van der Waals surface area contributed by atoms with Gasteiger partial charge in [-0.2, -0.15) is 0 Å². The quantitative estimate of drug-likeness (QED) is 0.421. The number of nitrogens with zero attached hydrogens (tertiary/aromatic N) is 2. The van der Waals surface area contributed by atoms with Gasteiger partial charge < -0.3 is 30.1 Å². The summed E-state index contributed by atoms with van der Waals surface area (Å²) in [5.41, 5.74) is 0.777. The molecule has 0 bridgehead atoms. The molecule has 0 N–H and O–H groups in total. The maximum absolute atomic E-state index is 5.19. The molecule has 6 heteroatoms. The van der Waals surface area contributed by atoms with E-state index in [1.165, 1.54) is 32.1 Å². The second-order valence-electron chi connectivity index (χ2n) is 9.48. The summed E-state index contributed by atoms with van der Waals surface area (Å²) in [5, 5.41) is 5.19. The van der Waals surface area contributed by atoms with Crippen LogP contribution in [0.15, 0.2) is 0 Å². The Balaban J connectivity index is -0.00000110. The second-order valence-corrected chi connectivity index (χ2v) is 9.48. The molecule has 0 amide bonds. The van der Waals surface area contributed by atoms with E-state index in [9.17, 15) is 0 Å². The van der Waals surface area contributed by atoms with Gasteiger partial charge >= 0.3 is 41.9 Å². The van der Waals surface area contributed by atoms with E-state index in [1.807, 2.05) is 0 Å². The Hall–Kier alpha value is 1.86. The van der Waals surface area contributed by atoms with Crippen molar-refractivity contribution in [2.24, 2.45) is 0 Å². The normalized spacial score (nSPS) is 29.8. The van der Waals surface area contributed by atoms with Crippen LogP contribution in [-0.4, -0.2) is 56.2 Å². The van der Waals surface area contributed by atoms with Gasteiger partial charge in [0.05, 0.1) is 0 Å². The first-order valence-corrected chi connectivity index (χ1v) is 8.41. The molecule has 1 atom stereocenters. The second kappa shape index (κ2) is 9.88. The molecule has 134 valence electrons. The van der Waals surface area contributed by atoms with Crippen LogP contribution in [-0.2, 0) is 0 Å². The van der Waals surface area contributed by atoms with Crippen molar-refractivity contribution in [3.8, 4) is 0 Å². The van der Waals surface area contributed by atoms with Crippen LogP contribution in [0.4, 0.5) is 0 Å². The maximum Gasteiger partial charge on any atom is 2.00 e. The number of rotatable bonds is 1. The SMILES string of the molecule is CC1(C)CCC(N2C(C)(C)CCCC2(C)C)C(C)(C)[N-]1.[Cl-].[Cl-].[Li+].[Mg+2]. The third-order valence-electron chi connectivity index (χ3n) is 5.63. The molecule has 0 radical (unpaired) electrons. The molecule has 0 saturated carbocycles. The first-order valence-electron chi connectivity index (χ1n) is 8.41. The van der Waals surface area contributed by atoms with Gasteiger partial charge in [0.1, 0.15) is 0 Å². The van der Waals surface area contributed by atoms with Crippen molar-refractivity contribution in [1.29, 1.82) is 0 Å². The van der Waals surface area contributed by atoms with Crippen molar-refractivity contribution in [2.75, 3.05) is 0 Å². The van der Waals surface area contributed by atoms with Gasteiger partial charge in [0, 0.05) is 11.1 Å². The molecule has 0 aliphatic carbocycles. The molecule has 2 nitrogen and oxygen atoms in total. The van der Waals surface area contributed by atoms with E-state index in [-0.39, 0.29) is 77.8 Å². The van der Waals surface area contributed by atoms with E-state index in [4.69, 9.17) is 5.32 Å². The monoisotopic (exact) mass is 380 g/mol. The molecule has 2 rings (SSSR count). The van der Waals surface area contributed by atoms with Gasteiger partial charge in [-0.05, 0) is 59.4 Å². The molecule has 2 fully saturated rings. The van der Waals surface area contributed by atoms with Crippen LogP contribution in [0.5, 0.6) is 0 Å². The number of piperidine rings is 2. The van der Waals surface area contributed by atoms with Gasteiger partial charge in [0.2, 0.25) is 0 Å². The van der Waals surface area contributed by atoms with Crippen molar-refractivity contribution in [1.82, 2.24) is 4.90 Å². The third kappa shape index (κ3) is 6.48. The number of hydrogen-bond acceptors (Lipinski definition) is 1. The molecule has 2 aliphatic rings. The van der Waals surface area contributed by atoms with Gasteiger partial charge in [-0.3, -0.25) is 4.90 Å². The molecule has 24 heavy (non-hydrogen) atoms. The Labute approximate surface area is 191 Å². The summed E-state index contributed by atoms with van der Waals surface area (Å²) in [5.74, 6) is 0. The Bertz CT molecular complexity index is 371.